The zero-order valence-electron chi connectivity index (χ0n) is 18.8. The number of carbonyl (C=O) groups is 1. The molecule has 0 aromatic heterocycles. The number of carbonyl (C=O) groups excluding carboxylic acids is 1. The van der Waals surface area contributed by atoms with Crippen molar-refractivity contribution in [2.75, 3.05) is 19.6 Å². The maximum atomic E-state index is 12.6. The number of nitrogens with one attached hydrogen (secondary N) is 2. The van der Waals surface area contributed by atoms with Crippen LogP contribution >= 0.6 is 0 Å². The Labute approximate surface area is 196 Å². The Balaban J connectivity index is 1.27. The fraction of sp³-hybridized carbons (Fsp3) is 0.346. The third-order valence-corrected chi connectivity index (χ3v) is 7.57. The lowest BCUT2D eigenvalue weighted by Crippen LogP contribution is -2.31. The van der Waals surface area contributed by atoms with Crippen molar-refractivity contribution in [2.24, 2.45) is 0 Å². The zero-order valence-corrected chi connectivity index (χ0v) is 19.6. The summed E-state index contributed by atoms with van der Waals surface area (Å²) < 4.78 is 27.8. The van der Waals surface area contributed by atoms with E-state index in [0.717, 1.165) is 36.0 Å². The van der Waals surface area contributed by atoms with E-state index in [2.05, 4.69) is 21.0 Å². The molecule has 2 N–H and O–H groups in total. The third kappa shape index (κ3) is 6.41. The van der Waals surface area contributed by atoms with E-state index in [4.69, 9.17) is 0 Å². The van der Waals surface area contributed by atoms with E-state index in [1.807, 2.05) is 42.5 Å². The fourth-order valence-corrected chi connectivity index (χ4v) is 5.31. The van der Waals surface area contributed by atoms with E-state index in [1.54, 1.807) is 18.2 Å². The third-order valence-electron chi connectivity index (χ3n) is 6.11. The first kappa shape index (κ1) is 23.4. The van der Waals surface area contributed by atoms with Crippen LogP contribution in [0.2, 0.25) is 0 Å². The molecule has 3 aromatic carbocycles. The van der Waals surface area contributed by atoms with Crippen LogP contribution in [0, 0.1) is 0 Å². The average Bonchev–Trinajstić information content (AvgIpc) is 2.84. The lowest BCUT2D eigenvalue weighted by atomic mass is 10.0. The molecular formula is C26H31N3O3S. The number of amides is 1. The summed E-state index contributed by atoms with van der Waals surface area (Å²) in [6.07, 6.45) is 3.88. The number of piperidine rings is 1. The van der Waals surface area contributed by atoms with Crippen molar-refractivity contribution in [3.8, 4) is 0 Å². The minimum absolute atomic E-state index is 0.0520. The number of sulfonamides is 1. The van der Waals surface area contributed by atoms with Gasteiger partial charge in [-0.15, -0.1) is 0 Å². The molecular weight excluding hydrogens is 434 g/mol. The molecule has 0 atom stereocenters. The van der Waals surface area contributed by atoms with Crippen LogP contribution in [-0.2, 0) is 27.9 Å². The van der Waals surface area contributed by atoms with Gasteiger partial charge in [-0.05, 0) is 60.0 Å². The smallest absolute Gasteiger partial charge is 0.240 e. The van der Waals surface area contributed by atoms with Crippen LogP contribution in [0.1, 0.15) is 36.8 Å². The van der Waals surface area contributed by atoms with Gasteiger partial charge in [-0.25, -0.2) is 13.1 Å². The van der Waals surface area contributed by atoms with Crippen molar-refractivity contribution >= 4 is 26.7 Å². The van der Waals surface area contributed by atoms with Gasteiger partial charge in [0.15, 0.2) is 0 Å². The van der Waals surface area contributed by atoms with E-state index >= 15 is 0 Å². The number of benzene rings is 3. The standard InChI is InChI=1S/C26H31N3O3S/c30-26(27-19-23-10-4-5-11-24(23)20-29-16-6-1-7-17-29)14-15-28-33(31,32)25-13-12-21-8-2-3-9-22(21)18-25/h2-5,8-13,18,28H,1,6-7,14-17,19-20H2,(H,27,30). The maximum absolute atomic E-state index is 12.6. The molecule has 3 aromatic rings. The second kappa shape index (κ2) is 10.9. The average molecular weight is 466 g/mol. The van der Waals surface area contributed by atoms with Gasteiger partial charge in [-0.3, -0.25) is 9.69 Å². The summed E-state index contributed by atoms with van der Waals surface area (Å²) in [6.45, 7) is 3.64. The molecule has 0 unspecified atom stereocenters. The first-order valence-corrected chi connectivity index (χ1v) is 13.0. The van der Waals surface area contributed by atoms with Crippen LogP contribution < -0.4 is 10.0 Å². The second-order valence-corrected chi connectivity index (χ2v) is 10.3. The predicted octanol–water partition coefficient (Wildman–Crippen LogP) is 3.81. The molecule has 6 nitrogen and oxygen atoms in total. The van der Waals surface area contributed by atoms with Gasteiger partial charge < -0.3 is 5.32 Å². The van der Waals surface area contributed by atoms with Crippen molar-refractivity contribution in [1.29, 1.82) is 0 Å². The summed E-state index contributed by atoms with van der Waals surface area (Å²) in [6, 6.07) is 20.8. The molecule has 0 aliphatic carbocycles. The Kier molecular flexibility index (Phi) is 7.75. The summed E-state index contributed by atoms with van der Waals surface area (Å²) >= 11 is 0. The monoisotopic (exact) mass is 465 g/mol. The van der Waals surface area contributed by atoms with E-state index < -0.39 is 10.0 Å². The molecule has 1 fully saturated rings. The molecule has 1 heterocycles. The molecule has 0 saturated carbocycles. The van der Waals surface area contributed by atoms with Crippen LogP contribution in [0.15, 0.2) is 71.6 Å². The van der Waals surface area contributed by atoms with Gasteiger partial charge in [0.1, 0.15) is 0 Å². The first-order chi connectivity index (χ1) is 16.0. The Morgan fingerprint density at radius 2 is 1.55 bits per heavy atom. The number of hydrogen-bond donors (Lipinski definition) is 2. The maximum Gasteiger partial charge on any atom is 0.240 e. The Hall–Kier alpha value is -2.74. The molecule has 7 heteroatoms. The van der Waals surface area contributed by atoms with Crippen molar-refractivity contribution in [1.82, 2.24) is 14.9 Å². The molecule has 1 saturated heterocycles. The quantitative estimate of drug-likeness (QED) is 0.504. The van der Waals surface area contributed by atoms with Crippen LogP contribution in [-0.4, -0.2) is 38.9 Å². The van der Waals surface area contributed by atoms with Gasteiger partial charge in [0, 0.05) is 26.1 Å². The lowest BCUT2D eigenvalue weighted by molar-refractivity contribution is -0.121. The number of likely N-dealkylation sites (tertiary alicyclic amines) is 1. The van der Waals surface area contributed by atoms with Gasteiger partial charge in [0.2, 0.25) is 15.9 Å². The van der Waals surface area contributed by atoms with Gasteiger partial charge in [-0.2, -0.15) is 0 Å². The Bertz CT molecular complexity index is 1200. The highest BCUT2D eigenvalue weighted by molar-refractivity contribution is 7.89. The van der Waals surface area contributed by atoms with Crippen LogP contribution in [0.3, 0.4) is 0 Å². The molecule has 174 valence electrons. The number of nitrogens with zero attached hydrogens (tertiary/aromatic N) is 1. The fourth-order valence-electron chi connectivity index (χ4n) is 4.24. The summed E-state index contributed by atoms with van der Waals surface area (Å²) in [5.74, 6) is -0.177. The minimum atomic E-state index is -3.67. The topological polar surface area (TPSA) is 78.5 Å². The van der Waals surface area contributed by atoms with E-state index in [1.165, 1.54) is 24.8 Å². The summed E-state index contributed by atoms with van der Waals surface area (Å²) in [7, 11) is -3.67. The number of rotatable bonds is 9. The first-order valence-electron chi connectivity index (χ1n) is 11.6. The molecule has 33 heavy (non-hydrogen) atoms. The highest BCUT2D eigenvalue weighted by atomic mass is 32.2. The highest BCUT2D eigenvalue weighted by Crippen LogP contribution is 2.19. The van der Waals surface area contributed by atoms with Crippen molar-refractivity contribution in [3.05, 3.63) is 77.9 Å². The highest BCUT2D eigenvalue weighted by Gasteiger charge is 2.15. The molecule has 1 aliphatic rings. The number of hydrogen-bond acceptors (Lipinski definition) is 4. The molecule has 0 spiro atoms. The largest absolute Gasteiger partial charge is 0.352 e. The van der Waals surface area contributed by atoms with Crippen LogP contribution in [0.25, 0.3) is 10.8 Å². The van der Waals surface area contributed by atoms with Gasteiger partial charge in [-0.1, -0.05) is 61.0 Å². The van der Waals surface area contributed by atoms with Crippen molar-refractivity contribution < 1.29 is 13.2 Å². The molecule has 1 aliphatic heterocycles. The number of fused-ring (bicyclic) bond motifs is 1. The Morgan fingerprint density at radius 3 is 2.33 bits per heavy atom. The molecule has 0 radical (unpaired) electrons. The Morgan fingerprint density at radius 1 is 0.848 bits per heavy atom. The van der Waals surface area contributed by atoms with Crippen LogP contribution in [0.4, 0.5) is 0 Å². The van der Waals surface area contributed by atoms with Crippen molar-refractivity contribution in [3.63, 3.8) is 0 Å². The predicted molar refractivity (Wildman–Crippen MR) is 131 cm³/mol. The summed E-state index contributed by atoms with van der Waals surface area (Å²) in [4.78, 5) is 15.0. The van der Waals surface area contributed by atoms with Gasteiger partial charge in [0.05, 0.1) is 4.90 Å². The van der Waals surface area contributed by atoms with Gasteiger partial charge in [0.25, 0.3) is 0 Å². The summed E-state index contributed by atoms with van der Waals surface area (Å²) in [5.41, 5.74) is 2.34. The van der Waals surface area contributed by atoms with Crippen LogP contribution in [0.5, 0.6) is 0 Å². The van der Waals surface area contributed by atoms with E-state index in [9.17, 15) is 13.2 Å². The molecule has 0 bridgehead atoms. The molecule has 4 rings (SSSR count). The SMILES string of the molecule is O=C(CCNS(=O)(=O)c1ccc2ccccc2c1)NCc1ccccc1CN1CCCCC1. The second-order valence-electron chi connectivity index (χ2n) is 8.54. The normalized spacial score (nSPS) is 14.9. The van der Waals surface area contributed by atoms with E-state index in [-0.39, 0.29) is 23.8 Å². The summed E-state index contributed by atoms with van der Waals surface area (Å²) in [5, 5.41) is 4.78. The van der Waals surface area contributed by atoms with Crippen molar-refractivity contribution in [2.45, 2.75) is 43.7 Å². The lowest BCUT2D eigenvalue weighted by Gasteiger charge is -2.27. The minimum Gasteiger partial charge on any atom is -0.352 e. The van der Waals surface area contributed by atoms with E-state index in [0.29, 0.717) is 6.54 Å². The zero-order chi connectivity index (χ0) is 23.1. The van der Waals surface area contributed by atoms with Gasteiger partial charge >= 0.3 is 0 Å². The molecule has 1 amide bonds.